The summed E-state index contributed by atoms with van der Waals surface area (Å²) >= 11 is 1.92. The van der Waals surface area contributed by atoms with Crippen molar-refractivity contribution in [1.82, 2.24) is 14.5 Å². The van der Waals surface area contributed by atoms with Crippen molar-refractivity contribution in [3.05, 3.63) is 193 Å². The van der Waals surface area contributed by atoms with E-state index in [2.05, 4.69) is 168 Å². The molecule has 3 nitrogen and oxygen atoms in total. The maximum atomic E-state index is 4.73. The van der Waals surface area contributed by atoms with E-state index in [1.807, 2.05) is 35.9 Å². The van der Waals surface area contributed by atoms with E-state index in [4.69, 9.17) is 9.97 Å². The third-order valence-corrected chi connectivity index (χ3v) is 12.9. The summed E-state index contributed by atoms with van der Waals surface area (Å²) in [5.41, 5.74) is 13.9. The summed E-state index contributed by atoms with van der Waals surface area (Å²) in [6.45, 7) is 0. The van der Waals surface area contributed by atoms with Gasteiger partial charge in [0.15, 0.2) is 0 Å². The number of thiophene rings is 1. The molecule has 2 aliphatic carbocycles. The Hall–Kier alpha value is -6.62. The third kappa shape index (κ3) is 5.56. The number of pyridine rings is 2. The molecule has 0 amide bonds. The Morgan fingerprint density at radius 1 is 0.536 bits per heavy atom. The van der Waals surface area contributed by atoms with Gasteiger partial charge < -0.3 is 4.57 Å². The van der Waals surface area contributed by atoms with Crippen LogP contribution in [0.1, 0.15) is 16.9 Å². The van der Waals surface area contributed by atoms with E-state index in [0.717, 1.165) is 35.4 Å². The van der Waals surface area contributed by atoms with E-state index in [1.54, 1.807) is 0 Å². The zero-order chi connectivity index (χ0) is 37.0. The highest BCUT2D eigenvalue weighted by molar-refractivity contribution is 7.20. The second-order valence-corrected chi connectivity index (χ2v) is 16.0. The summed E-state index contributed by atoms with van der Waals surface area (Å²) in [6, 6.07) is 50.5. The minimum atomic E-state index is 0.512. The summed E-state index contributed by atoms with van der Waals surface area (Å²) in [7, 11) is 0. The van der Waals surface area contributed by atoms with Crippen LogP contribution in [-0.2, 0) is 6.42 Å². The fourth-order valence-electron chi connectivity index (χ4n) is 8.96. The molecule has 5 aromatic carbocycles. The van der Waals surface area contributed by atoms with Crippen LogP contribution in [0.4, 0.5) is 0 Å². The highest BCUT2D eigenvalue weighted by Gasteiger charge is 2.25. The molecule has 4 heterocycles. The summed E-state index contributed by atoms with van der Waals surface area (Å²) in [5.74, 6) is 1.06. The summed E-state index contributed by atoms with van der Waals surface area (Å²) < 4.78 is 3.83. The van der Waals surface area contributed by atoms with Crippen molar-refractivity contribution in [3.63, 3.8) is 0 Å². The first-order valence-electron chi connectivity index (χ1n) is 19.4. The Balaban J connectivity index is 1.11. The molecule has 4 heteroatoms. The quantitative estimate of drug-likeness (QED) is 0.170. The number of hydrogen-bond acceptors (Lipinski definition) is 3. The standard InChI is InChI=1S/C52H37N3S/c1-2-12-34(13-3-1)35-22-26-51-45(30-35)46-33-38(23-27-52(46)56-51)55-49-24-20-36(39-14-4-6-16-41(39)47-18-8-10-28-53-47)31-43(49)44-32-37(21-25-50(44)55)40-15-5-7-17-42(40)48-19-9-11-29-54-48/h1-12,14-29,31-35H,13,30H2. The van der Waals surface area contributed by atoms with Crippen LogP contribution in [0.3, 0.4) is 0 Å². The summed E-state index contributed by atoms with van der Waals surface area (Å²) in [6.07, 6.45) is 19.9. The molecule has 2 unspecified atom stereocenters. The average Bonchev–Trinajstić information content (AvgIpc) is 3.81. The topological polar surface area (TPSA) is 30.7 Å². The normalized spacial score (nSPS) is 16.2. The van der Waals surface area contributed by atoms with Crippen LogP contribution in [0.25, 0.3) is 88.4 Å². The fraction of sp³-hybridized carbons (Fsp3) is 0.0769. The van der Waals surface area contributed by atoms with E-state index in [0.29, 0.717) is 11.8 Å². The van der Waals surface area contributed by atoms with Crippen molar-refractivity contribution in [2.45, 2.75) is 12.8 Å². The minimum absolute atomic E-state index is 0.512. The number of fused-ring (bicyclic) bond motifs is 6. The molecule has 0 spiro atoms. The molecule has 2 atom stereocenters. The van der Waals surface area contributed by atoms with Crippen molar-refractivity contribution in [1.29, 1.82) is 0 Å². The largest absolute Gasteiger partial charge is 0.309 e. The molecule has 0 saturated carbocycles. The van der Waals surface area contributed by atoms with E-state index >= 15 is 0 Å². The first-order valence-corrected chi connectivity index (χ1v) is 20.3. The molecule has 0 bridgehead atoms. The predicted molar refractivity (Wildman–Crippen MR) is 236 cm³/mol. The number of nitrogens with zero attached hydrogens (tertiary/aromatic N) is 3. The lowest BCUT2D eigenvalue weighted by atomic mass is 9.80. The van der Waals surface area contributed by atoms with Gasteiger partial charge in [-0.3, -0.25) is 9.97 Å². The predicted octanol–water partition coefficient (Wildman–Crippen LogP) is 13.8. The van der Waals surface area contributed by atoms with Crippen LogP contribution in [0, 0.1) is 11.8 Å². The number of aromatic nitrogens is 3. The van der Waals surface area contributed by atoms with Crippen molar-refractivity contribution < 1.29 is 0 Å². The summed E-state index contributed by atoms with van der Waals surface area (Å²) in [5, 5.41) is 3.82. The maximum Gasteiger partial charge on any atom is 0.0708 e. The lowest BCUT2D eigenvalue weighted by Crippen LogP contribution is -2.16. The molecule has 0 N–H and O–H groups in total. The average molecular weight is 736 g/mol. The van der Waals surface area contributed by atoms with Crippen molar-refractivity contribution in [2.24, 2.45) is 11.8 Å². The van der Waals surface area contributed by atoms with Gasteiger partial charge in [-0.25, -0.2) is 0 Å². The van der Waals surface area contributed by atoms with Crippen LogP contribution in [0.15, 0.2) is 182 Å². The highest BCUT2D eigenvalue weighted by Crippen LogP contribution is 2.44. The van der Waals surface area contributed by atoms with Gasteiger partial charge in [0, 0.05) is 49.6 Å². The van der Waals surface area contributed by atoms with Gasteiger partial charge in [0.1, 0.15) is 0 Å². The van der Waals surface area contributed by atoms with Crippen molar-refractivity contribution >= 4 is 49.3 Å². The van der Waals surface area contributed by atoms with E-state index < -0.39 is 0 Å². The maximum absolute atomic E-state index is 4.73. The van der Waals surface area contributed by atoms with Crippen LogP contribution in [-0.4, -0.2) is 14.5 Å². The Morgan fingerprint density at radius 2 is 1.16 bits per heavy atom. The first kappa shape index (κ1) is 32.8. The van der Waals surface area contributed by atoms with Crippen molar-refractivity contribution in [2.75, 3.05) is 0 Å². The van der Waals surface area contributed by atoms with Gasteiger partial charge in [-0.1, -0.05) is 103 Å². The second-order valence-electron chi connectivity index (χ2n) is 14.9. The molecule has 9 aromatic rings. The smallest absolute Gasteiger partial charge is 0.0708 e. The Bertz CT molecular complexity index is 2900. The third-order valence-electron chi connectivity index (χ3n) is 11.7. The minimum Gasteiger partial charge on any atom is -0.309 e. The van der Waals surface area contributed by atoms with Crippen LogP contribution >= 0.6 is 11.3 Å². The molecule has 0 radical (unpaired) electrons. The van der Waals surface area contributed by atoms with Crippen molar-refractivity contribution in [3.8, 4) is 50.5 Å². The Kier molecular flexibility index (Phi) is 7.96. The molecular weight excluding hydrogens is 699 g/mol. The number of hydrogen-bond donors (Lipinski definition) is 0. The molecule has 0 saturated heterocycles. The SMILES string of the molecule is C1=CCC(C2C=Cc3sc4ccc(-n5c6ccc(-c7ccccc7-c7ccccn7)cc6c6cc(-c7ccccc7-c7ccccn7)ccc65)cc4c3C2)C=C1. The fourth-order valence-corrected chi connectivity index (χ4v) is 10.1. The monoisotopic (exact) mass is 735 g/mol. The number of allylic oxidation sites excluding steroid dienone is 5. The Morgan fingerprint density at radius 3 is 1.75 bits per heavy atom. The zero-order valence-electron chi connectivity index (χ0n) is 30.7. The highest BCUT2D eigenvalue weighted by atomic mass is 32.1. The molecule has 2 aliphatic rings. The van der Waals surface area contributed by atoms with Crippen LogP contribution in [0.2, 0.25) is 0 Å². The van der Waals surface area contributed by atoms with Gasteiger partial charge in [-0.2, -0.15) is 0 Å². The van der Waals surface area contributed by atoms with E-state index in [9.17, 15) is 0 Å². The van der Waals surface area contributed by atoms with E-state index in [1.165, 1.54) is 70.3 Å². The zero-order valence-corrected chi connectivity index (χ0v) is 31.5. The number of benzene rings is 5. The van der Waals surface area contributed by atoms with Gasteiger partial charge in [0.05, 0.1) is 22.4 Å². The second kappa shape index (κ2) is 13.6. The number of rotatable bonds is 6. The van der Waals surface area contributed by atoms with Gasteiger partial charge in [0.25, 0.3) is 0 Å². The van der Waals surface area contributed by atoms with Gasteiger partial charge in [0.2, 0.25) is 0 Å². The molecule has 4 aromatic heterocycles. The van der Waals surface area contributed by atoms with Gasteiger partial charge >= 0.3 is 0 Å². The summed E-state index contributed by atoms with van der Waals surface area (Å²) in [4.78, 5) is 10.9. The van der Waals surface area contributed by atoms with E-state index in [-0.39, 0.29) is 0 Å². The molecule has 0 aliphatic heterocycles. The first-order chi connectivity index (χ1) is 27.8. The molecule has 11 rings (SSSR count). The lowest BCUT2D eigenvalue weighted by Gasteiger charge is -2.25. The molecule has 266 valence electrons. The molecular formula is C52H37N3S. The van der Waals surface area contributed by atoms with Gasteiger partial charge in [-0.05, 0) is 131 Å². The molecule has 56 heavy (non-hydrogen) atoms. The van der Waals surface area contributed by atoms with Crippen LogP contribution in [0.5, 0.6) is 0 Å². The lowest BCUT2D eigenvalue weighted by molar-refractivity contribution is 0.473. The Labute approximate surface area is 330 Å². The molecule has 0 fully saturated rings. The van der Waals surface area contributed by atoms with Crippen LogP contribution < -0.4 is 0 Å². The van der Waals surface area contributed by atoms with Gasteiger partial charge in [-0.15, -0.1) is 11.3 Å².